The summed E-state index contributed by atoms with van der Waals surface area (Å²) in [6, 6.07) is 17.4. The van der Waals surface area contributed by atoms with Gasteiger partial charge in [-0.3, -0.25) is 0 Å². The first-order chi connectivity index (χ1) is 15.2. The Hall–Kier alpha value is -3.03. The number of alkyl carbamates (subject to hydrolysis) is 1. The molecule has 32 heavy (non-hydrogen) atoms. The van der Waals surface area contributed by atoms with Crippen molar-refractivity contribution in [3.05, 3.63) is 77.5 Å². The minimum Gasteiger partial charge on any atom is -0.464 e. The number of rotatable bonds is 6. The number of furan rings is 1. The summed E-state index contributed by atoms with van der Waals surface area (Å²) in [5, 5.41) is 3.80. The van der Waals surface area contributed by atoms with E-state index in [-0.39, 0.29) is 13.2 Å². The smallest absolute Gasteiger partial charge is 0.464 e. The summed E-state index contributed by atoms with van der Waals surface area (Å²) in [6.45, 7) is 8.41. The third-order valence-corrected chi connectivity index (χ3v) is 6.06. The number of hydrogen-bond donors (Lipinski definition) is 1. The van der Waals surface area contributed by atoms with E-state index in [9.17, 15) is 4.79 Å². The van der Waals surface area contributed by atoms with Gasteiger partial charge in [-0.1, -0.05) is 54.6 Å². The molecule has 0 saturated carbocycles. The SMILES string of the molecule is CC1(C)OB(C(=Cc2coc3ccccc23)CNC(=O)OCc2ccccc2)OC1(C)C. The zero-order valence-electron chi connectivity index (χ0n) is 18.9. The van der Waals surface area contributed by atoms with Crippen LogP contribution in [-0.2, 0) is 20.7 Å². The quantitative estimate of drug-likeness (QED) is 0.529. The fourth-order valence-corrected chi connectivity index (χ4v) is 3.46. The highest BCUT2D eigenvalue weighted by Crippen LogP contribution is 2.39. The van der Waals surface area contributed by atoms with Gasteiger partial charge in [0.25, 0.3) is 0 Å². The molecular weight excluding hydrogens is 405 g/mol. The lowest BCUT2D eigenvalue weighted by Gasteiger charge is -2.32. The molecule has 4 rings (SSSR count). The number of nitrogens with one attached hydrogen (secondary N) is 1. The predicted octanol–water partition coefficient (Wildman–Crippen LogP) is 5.37. The van der Waals surface area contributed by atoms with Crippen molar-refractivity contribution in [3.8, 4) is 0 Å². The summed E-state index contributed by atoms with van der Waals surface area (Å²) in [5.41, 5.74) is 2.39. The Bertz CT molecular complexity index is 1100. The van der Waals surface area contributed by atoms with E-state index < -0.39 is 24.4 Å². The maximum Gasteiger partial charge on any atom is 0.492 e. The number of amides is 1. The van der Waals surface area contributed by atoms with Gasteiger partial charge >= 0.3 is 13.2 Å². The van der Waals surface area contributed by atoms with Crippen molar-refractivity contribution in [2.45, 2.75) is 45.5 Å². The number of fused-ring (bicyclic) bond motifs is 1. The molecule has 0 unspecified atom stereocenters. The average Bonchev–Trinajstić information content (AvgIpc) is 3.27. The summed E-state index contributed by atoms with van der Waals surface area (Å²) in [7, 11) is -0.608. The van der Waals surface area contributed by atoms with Gasteiger partial charge in [-0.25, -0.2) is 4.79 Å². The third-order valence-electron chi connectivity index (χ3n) is 6.06. The molecule has 1 saturated heterocycles. The van der Waals surface area contributed by atoms with Gasteiger partial charge in [-0.2, -0.15) is 0 Å². The van der Waals surface area contributed by atoms with Crippen LogP contribution in [0.1, 0.15) is 38.8 Å². The largest absolute Gasteiger partial charge is 0.492 e. The summed E-state index contributed by atoms with van der Waals surface area (Å²) in [6.07, 6.45) is 3.14. The number of benzene rings is 2. The Morgan fingerprint density at radius 2 is 1.66 bits per heavy atom. The van der Waals surface area contributed by atoms with E-state index in [4.69, 9.17) is 18.5 Å². The normalized spacial score (nSPS) is 17.5. The van der Waals surface area contributed by atoms with Crippen LogP contribution in [-0.4, -0.2) is 31.0 Å². The van der Waals surface area contributed by atoms with Gasteiger partial charge in [0, 0.05) is 17.5 Å². The van der Waals surface area contributed by atoms with Crippen LogP contribution in [0, 0.1) is 0 Å². The van der Waals surface area contributed by atoms with E-state index in [1.807, 2.05) is 88.4 Å². The van der Waals surface area contributed by atoms with Crippen LogP contribution in [0.5, 0.6) is 0 Å². The van der Waals surface area contributed by atoms with E-state index in [0.29, 0.717) is 0 Å². The van der Waals surface area contributed by atoms with Gasteiger partial charge in [0.15, 0.2) is 0 Å². The highest BCUT2D eigenvalue weighted by atomic mass is 16.7. The van der Waals surface area contributed by atoms with Gasteiger partial charge in [0.2, 0.25) is 0 Å². The van der Waals surface area contributed by atoms with Crippen LogP contribution in [0.4, 0.5) is 4.79 Å². The Morgan fingerprint density at radius 1 is 1.00 bits per heavy atom. The highest BCUT2D eigenvalue weighted by Gasteiger charge is 2.52. The molecule has 1 fully saturated rings. The standard InChI is InChI=1S/C25H28BNO5/c1-24(2)25(3,4)32-26(31-24)20(14-19-17-29-22-13-9-8-12-21(19)22)15-27-23(28)30-16-18-10-6-5-7-11-18/h5-14,17H,15-16H2,1-4H3,(H,27,28). The first kappa shape index (κ1) is 22.2. The summed E-state index contributed by atoms with van der Waals surface area (Å²) in [4.78, 5) is 12.3. The van der Waals surface area contributed by atoms with Crippen LogP contribution >= 0.6 is 0 Å². The Morgan fingerprint density at radius 3 is 2.38 bits per heavy atom. The molecular formula is C25H28BNO5. The fourth-order valence-electron chi connectivity index (χ4n) is 3.46. The van der Waals surface area contributed by atoms with Crippen molar-refractivity contribution < 1.29 is 23.3 Å². The van der Waals surface area contributed by atoms with Gasteiger partial charge in [0.1, 0.15) is 12.2 Å². The molecule has 166 valence electrons. The lowest BCUT2D eigenvalue weighted by molar-refractivity contribution is 0.00578. The van der Waals surface area contributed by atoms with Crippen LogP contribution in [0.3, 0.4) is 0 Å². The molecule has 1 aromatic heterocycles. The average molecular weight is 433 g/mol. The molecule has 2 heterocycles. The van der Waals surface area contributed by atoms with Crippen molar-refractivity contribution in [2.75, 3.05) is 6.54 Å². The van der Waals surface area contributed by atoms with E-state index in [2.05, 4.69) is 5.32 Å². The molecule has 0 atom stereocenters. The van der Waals surface area contributed by atoms with Gasteiger partial charge in [-0.15, -0.1) is 0 Å². The van der Waals surface area contributed by atoms with E-state index >= 15 is 0 Å². The molecule has 1 aliphatic rings. The fraction of sp³-hybridized carbons (Fsp3) is 0.320. The Balaban J connectivity index is 1.52. The molecule has 7 heteroatoms. The second kappa shape index (κ2) is 8.84. The number of hydrogen-bond acceptors (Lipinski definition) is 5. The van der Waals surface area contributed by atoms with Gasteiger partial charge in [-0.05, 0) is 44.8 Å². The first-order valence-corrected chi connectivity index (χ1v) is 10.7. The number of carbonyl (C=O) groups excluding carboxylic acids is 1. The third kappa shape index (κ3) is 4.74. The highest BCUT2D eigenvalue weighted by molar-refractivity contribution is 6.56. The second-order valence-electron chi connectivity index (χ2n) is 8.91. The van der Waals surface area contributed by atoms with Crippen LogP contribution in [0.25, 0.3) is 17.0 Å². The summed E-state index contributed by atoms with van der Waals surface area (Å²) in [5.74, 6) is 0. The van der Waals surface area contributed by atoms with E-state index in [1.165, 1.54) is 0 Å². The monoisotopic (exact) mass is 433 g/mol. The van der Waals surface area contributed by atoms with Crippen molar-refractivity contribution in [1.82, 2.24) is 5.32 Å². The summed E-state index contributed by atoms with van der Waals surface area (Å²) < 4.78 is 23.5. The number of ether oxygens (including phenoxy) is 1. The van der Waals surface area contributed by atoms with Gasteiger partial charge < -0.3 is 23.8 Å². The lowest BCUT2D eigenvalue weighted by Crippen LogP contribution is -2.41. The number of para-hydroxylation sites is 1. The Labute approximate surface area is 188 Å². The summed E-state index contributed by atoms with van der Waals surface area (Å²) >= 11 is 0. The Kier molecular flexibility index (Phi) is 6.13. The predicted molar refractivity (Wildman–Crippen MR) is 125 cm³/mol. The topological polar surface area (TPSA) is 69.9 Å². The van der Waals surface area contributed by atoms with Crippen molar-refractivity contribution in [1.29, 1.82) is 0 Å². The van der Waals surface area contributed by atoms with E-state index in [0.717, 1.165) is 27.6 Å². The first-order valence-electron chi connectivity index (χ1n) is 10.7. The minimum absolute atomic E-state index is 0.203. The number of carbonyl (C=O) groups is 1. The zero-order chi connectivity index (χ0) is 22.8. The zero-order valence-corrected chi connectivity index (χ0v) is 18.9. The molecule has 1 N–H and O–H groups in total. The second-order valence-corrected chi connectivity index (χ2v) is 8.91. The molecule has 0 spiro atoms. The molecule has 1 aliphatic heterocycles. The molecule has 3 aromatic rings. The molecule has 2 aromatic carbocycles. The van der Waals surface area contributed by atoms with Crippen molar-refractivity contribution in [2.24, 2.45) is 0 Å². The lowest BCUT2D eigenvalue weighted by atomic mass is 9.77. The molecule has 6 nitrogen and oxygen atoms in total. The molecule has 0 bridgehead atoms. The minimum atomic E-state index is -0.608. The van der Waals surface area contributed by atoms with Gasteiger partial charge in [0.05, 0.1) is 17.5 Å². The molecule has 1 amide bonds. The van der Waals surface area contributed by atoms with E-state index in [1.54, 1.807) is 6.26 Å². The van der Waals surface area contributed by atoms with Crippen molar-refractivity contribution in [3.63, 3.8) is 0 Å². The molecule has 0 aliphatic carbocycles. The maximum absolute atomic E-state index is 12.3. The van der Waals surface area contributed by atoms with Crippen LogP contribution < -0.4 is 5.32 Å². The van der Waals surface area contributed by atoms with Crippen molar-refractivity contribution >= 4 is 30.3 Å². The van der Waals surface area contributed by atoms with Crippen LogP contribution in [0.15, 0.2) is 70.8 Å². The van der Waals surface area contributed by atoms with Crippen LogP contribution in [0.2, 0.25) is 0 Å². The maximum atomic E-state index is 12.3. The molecule has 0 radical (unpaired) electrons.